The SMILES string of the molecule is NCCCOC1CCN(CCC(N)=O)CC1. The quantitative estimate of drug-likeness (QED) is 0.587. The van der Waals surface area contributed by atoms with Gasteiger partial charge in [-0.05, 0) is 25.8 Å². The standard InChI is InChI=1S/C11H23N3O2/c12-5-1-9-16-10-2-6-14(7-3-10)8-4-11(13)15/h10H,1-9,12H2,(H2,13,15). The van der Waals surface area contributed by atoms with Crippen molar-refractivity contribution in [2.24, 2.45) is 11.5 Å². The van der Waals surface area contributed by atoms with Crippen LogP contribution in [0.5, 0.6) is 0 Å². The molecule has 16 heavy (non-hydrogen) atoms. The highest BCUT2D eigenvalue weighted by Gasteiger charge is 2.19. The Hall–Kier alpha value is -0.650. The molecule has 1 amide bonds. The van der Waals surface area contributed by atoms with E-state index < -0.39 is 0 Å². The van der Waals surface area contributed by atoms with Crippen molar-refractivity contribution < 1.29 is 9.53 Å². The van der Waals surface area contributed by atoms with Crippen LogP contribution in [-0.2, 0) is 9.53 Å². The molecule has 0 atom stereocenters. The van der Waals surface area contributed by atoms with Crippen molar-refractivity contribution in [1.82, 2.24) is 4.90 Å². The fourth-order valence-corrected chi connectivity index (χ4v) is 1.90. The molecule has 0 aliphatic carbocycles. The average Bonchev–Trinajstić information content (AvgIpc) is 2.28. The largest absolute Gasteiger partial charge is 0.378 e. The highest BCUT2D eigenvalue weighted by Crippen LogP contribution is 2.13. The van der Waals surface area contributed by atoms with Gasteiger partial charge in [0.1, 0.15) is 0 Å². The van der Waals surface area contributed by atoms with Gasteiger partial charge in [0.25, 0.3) is 0 Å². The zero-order valence-electron chi connectivity index (χ0n) is 9.86. The highest BCUT2D eigenvalue weighted by molar-refractivity contribution is 5.73. The average molecular weight is 229 g/mol. The number of rotatable bonds is 7. The second-order valence-electron chi connectivity index (χ2n) is 4.27. The number of piperidine rings is 1. The van der Waals surface area contributed by atoms with Gasteiger partial charge >= 0.3 is 0 Å². The Morgan fingerprint density at radius 3 is 2.62 bits per heavy atom. The maximum absolute atomic E-state index is 10.6. The number of nitrogens with zero attached hydrogens (tertiary/aromatic N) is 1. The molecule has 0 aromatic rings. The van der Waals surface area contributed by atoms with E-state index in [0.717, 1.165) is 45.5 Å². The lowest BCUT2D eigenvalue weighted by molar-refractivity contribution is -0.118. The van der Waals surface area contributed by atoms with E-state index in [1.165, 1.54) is 0 Å². The van der Waals surface area contributed by atoms with Gasteiger partial charge in [0.05, 0.1) is 6.10 Å². The Morgan fingerprint density at radius 1 is 1.38 bits per heavy atom. The third-order valence-corrected chi connectivity index (χ3v) is 2.91. The summed E-state index contributed by atoms with van der Waals surface area (Å²) >= 11 is 0. The van der Waals surface area contributed by atoms with E-state index in [1.807, 2.05) is 0 Å². The molecule has 5 heteroatoms. The monoisotopic (exact) mass is 229 g/mol. The van der Waals surface area contributed by atoms with Gasteiger partial charge < -0.3 is 21.1 Å². The van der Waals surface area contributed by atoms with Gasteiger partial charge in [-0.1, -0.05) is 0 Å². The number of ether oxygens (including phenoxy) is 1. The van der Waals surface area contributed by atoms with Crippen LogP contribution in [-0.4, -0.2) is 49.7 Å². The van der Waals surface area contributed by atoms with Gasteiger partial charge in [-0.2, -0.15) is 0 Å². The van der Waals surface area contributed by atoms with Crippen molar-refractivity contribution in [2.75, 3.05) is 32.8 Å². The molecule has 0 aromatic carbocycles. The lowest BCUT2D eigenvalue weighted by Gasteiger charge is -2.31. The van der Waals surface area contributed by atoms with Crippen LogP contribution in [0, 0.1) is 0 Å². The molecule has 0 unspecified atom stereocenters. The summed E-state index contributed by atoms with van der Waals surface area (Å²) in [4.78, 5) is 12.9. The predicted molar refractivity (Wildman–Crippen MR) is 62.9 cm³/mol. The number of carbonyl (C=O) groups is 1. The molecule has 1 rings (SSSR count). The van der Waals surface area contributed by atoms with Crippen molar-refractivity contribution in [3.8, 4) is 0 Å². The molecule has 1 aliphatic rings. The topological polar surface area (TPSA) is 81.6 Å². The molecule has 4 N–H and O–H groups in total. The smallest absolute Gasteiger partial charge is 0.218 e. The van der Waals surface area contributed by atoms with Gasteiger partial charge in [0, 0.05) is 32.7 Å². The zero-order valence-corrected chi connectivity index (χ0v) is 9.86. The number of primary amides is 1. The van der Waals surface area contributed by atoms with Crippen molar-refractivity contribution >= 4 is 5.91 Å². The molecular weight excluding hydrogens is 206 g/mol. The van der Waals surface area contributed by atoms with Crippen molar-refractivity contribution in [3.05, 3.63) is 0 Å². The lowest BCUT2D eigenvalue weighted by atomic mass is 10.1. The third-order valence-electron chi connectivity index (χ3n) is 2.91. The zero-order chi connectivity index (χ0) is 11.8. The van der Waals surface area contributed by atoms with Gasteiger partial charge in [0.15, 0.2) is 0 Å². The summed E-state index contributed by atoms with van der Waals surface area (Å²) in [5.74, 6) is -0.221. The van der Waals surface area contributed by atoms with Gasteiger partial charge in [-0.15, -0.1) is 0 Å². The lowest BCUT2D eigenvalue weighted by Crippen LogP contribution is -2.38. The van der Waals surface area contributed by atoms with Crippen LogP contribution in [0.1, 0.15) is 25.7 Å². The minimum absolute atomic E-state index is 0.221. The van der Waals surface area contributed by atoms with Gasteiger partial charge in [0.2, 0.25) is 5.91 Å². The van der Waals surface area contributed by atoms with Crippen molar-refractivity contribution in [1.29, 1.82) is 0 Å². The number of carbonyl (C=O) groups excluding carboxylic acids is 1. The van der Waals surface area contributed by atoms with Crippen LogP contribution in [0.2, 0.25) is 0 Å². The van der Waals surface area contributed by atoms with E-state index in [2.05, 4.69) is 4.90 Å². The second kappa shape index (κ2) is 7.60. The van der Waals surface area contributed by atoms with Crippen molar-refractivity contribution in [3.63, 3.8) is 0 Å². The normalized spacial score (nSPS) is 18.8. The summed E-state index contributed by atoms with van der Waals surface area (Å²) in [5.41, 5.74) is 10.5. The van der Waals surface area contributed by atoms with E-state index in [9.17, 15) is 4.79 Å². The fraction of sp³-hybridized carbons (Fsp3) is 0.909. The van der Waals surface area contributed by atoms with Crippen LogP contribution in [0.4, 0.5) is 0 Å². The molecule has 0 aromatic heterocycles. The van der Waals surface area contributed by atoms with E-state index in [4.69, 9.17) is 16.2 Å². The van der Waals surface area contributed by atoms with E-state index in [1.54, 1.807) is 0 Å². The number of likely N-dealkylation sites (tertiary alicyclic amines) is 1. The molecule has 0 bridgehead atoms. The summed E-state index contributed by atoms with van der Waals surface area (Å²) in [7, 11) is 0. The Balaban J connectivity index is 2.06. The van der Waals surface area contributed by atoms with E-state index >= 15 is 0 Å². The second-order valence-corrected chi connectivity index (χ2v) is 4.27. The number of hydrogen-bond acceptors (Lipinski definition) is 4. The summed E-state index contributed by atoms with van der Waals surface area (Å²) in [6.45, 7) is 4.24. The van der Waals surface area contributed by atoms with Crippen LogP contribution in [0.25, 0.3) is 0 Å². The molecule has 94 valence electrons. The van der Waals surface area contributed by atoms with Crippen LogP contribution in [0.15, 0.2) is 0 Å². The minimum Gasteiger partial charge on any atom is -0.378 e. The Bertz CT molecular complexity index is 203. The fourth-order valence-electron chi connectivity index (χ4n) is 1.90. The first-order valence-corrected chi connectivity index (χ1v) is 6.04. The first-order valence-electron chi connectivity index (χ1n) is 6.04. The van der Waals surface area contributed by atoms with Gasteiger partial charge in [-0.25, -0.2) is 0 Å². The first-order chi connectivity index (χ1) is 7.72. The molecule has 1 saturated heterocycles. The molecule has 0 radical (unpaired) electrons. The molecule has 1 heterocycles. The molecule has 5 nitrogen and oxygen atoms in total. The van der Waals surface area contributed by atoms with Crippen LogP contribution in [0.3, 0.4) is 0 Å². The van der Waals surface area contributed by atoms with Crippen LogP contribution >= 0.6 is 0 Å². The predicted octanol–water partition coefficient (Wildman–Crippen LogP) is -0.308. The Labute approximate surface area is 97.1 Å². The van der Waals surface area contributed by atoms with E-state index in [-0.39, 0.29) is 5.91 Å². The molecule has 0 spiro atoms. The number of hydrogen-bond donors (Lipinski definition) is 2. The number of nitrogens with two attached hydrogens (primary N) is 2. The van der Waals surface area contributed by atoms with Crippen LogP contribution < -0.4 is 11.5 Å². The summed E-state index contributed by atoms with van der Waals surface area (Å²) in [6.07, 6.45) is 3.85. The Kier molecular flexibility index (Phi) is 6.37. The summed E-state index contributed by atoms with van der Waals surface area (Å²) < 4.78 is 5.70. The molecule has 0 saturated carbocycles. The molecule has 1 aliphatic heterocycles. The summed E-state index contributed by atoms with van der Waals surface area (Å²) in [6, 6.07) is 0. The molecule has 1 fully saturated rings. The Morgan fingerprint density at radius 2 is 2.06 bits per heavy atom. The van der Waals surface area contributed by atoms with E-state index in [0.29, 0.717) is 19.1 Å². The highest BCUT2D eigenvalue weighted by atomic mass is 16.5. The third kappa shape index (κ3) is 5.44. The maximum atomic E-state index is 10.6. The van der Waals surface area contributed by atoms with Crippen molar-refractivity contribution in [2.45, 2.75) is 31.8 Å². The number of amides is 1. The molecular formula is C11H23N3O2. The summed E-state index contributed by atoms with van der Waals surface area (Å²) in [5, 5.41) is 0. The maximum Gasteiger partial charge on any atom is 0.218 e. The first kappa shape index (κ1) is 13.4. The van der Waals surface area contributed by atoms with Gasteiger partial charge in [-0.3, -0.25) is 4.79 Å². The minimum atomic E-state index is -0.221.